The zero-order valence-electron chi connectivity index (χ0n) is 45.3. The van der Waals surface area contributed by atoms with E-state index in [9.17, 15) is 18.4 Å². The second-order valence-corrected chi connectivity index (χ2v) is 19.5. The van der Waals surface area contributed by atoms with E-state index >= 15 is 0 Å². The number of carboxylic acids is 2. The normalized spacial score (nSPS) is 17.2. The number of carbonyl (C=O) groups is 2. The number of rotatable bonds is 16. The van der Waals surface area contributed by atoms with Gasteiger partial charge in [0.05, 0.1) is 14.2 Å². The lowest BCUT2D eigenvalue weighted by atomic mass is 10.0. The molecule has 2 saturated carbocycles. The lowest BCUT2D eigenvalue weighted by Gasteiger charge is -2.35. The molecule has 0 spiro atoms. The van der Waals surface area contributed by atoms with Crippen molar-refractivity contribution in [2.45, 2.75) is 127 Å². The van der Waals surface area contributed by atoms with Gasteiger partial charge in [-0.25, -0.2) is 18.4 Å². The summed E-state index contributed by atoms with van der Waals surface area (Å²) >= 11 is 0. The Bertz CT molecular complexity index is 2260. The summed E-state index contributed by atoms with van der Waals surface area (Å²) < 4.78 is 38.5. The molecule has 4 aliphatic rings. The minimum atomic E-state index is -1.26. The van der Waals surface area contributed by atoms with E-state index < -0.39 is 23.6 Å². The summed E-state index contributed by atoms with van der Waals surface area (Å²) in [5.74, 6) is 0.240. The van der Waals surface area contributed by atoms with Crippen molar-refractivity contribution in [2.75, 3.05) is 107 Å². The molecule has 0 unspecified atom stereocenters. The summed E-state index contributed by atoms with van der Waals surface area (Å²) in [6.45, 7) is 4.24. The van der Waals surface area contributed by atoms with Gasteiger partial charge in [-0.15, -0.1) is 0 Å². The van der Waals surface area contributed by atoms with Gasteiger partial charge in [0.2, 0.25) is 35.7 Å². The number of aliphatic hydroxyl groups excluding tert-OH is 1. The van der Waals surface area contributed by atoms with Crippen LogP contribution in [0, 0.1) is 11.6 Å². The number of piperidine rings is 2. The lowest BCUT2D eigenvalue weighted by molar-refractivity contribution is -0.134. The predicted molar refractivity (Wildman–Crippen MR) is 293 cm³/mol. The van der Waals surface area contributed by atoms with E-state index in [1.54, 1.807) is 24.3 Å². The lowest BCUT2D eigenvalue weighted by Crippen LogP contribution is -2.42. The number of aliphatic hydroxyl groups is 1. The monoisotopic (exact) mass is 1060 g/mol. The summed E-state index contributed by atoms with van der Waals surface area (Å²) in [4.78, 5) is 56.3. The number of nitrogens with zero attached hydrogens (tertiary/aromatic N) is 10. The highest BCUT2D eigenvalue weighted by Crippen LogP contribution is 2.29. The van der Waals surface area contributed by atoms with E-state index in [-0.39, 0.29) is 11.5 Å². The van der Waals surface area contributed by atoms with Gasteiger partial charge >= 0.3 is 11.9 Å². The van der Waals surface area contributed by atoms with Crippen LogP contribution in [-0.2, 0) is 9.59 Å². The maximum atomic E-state index is 14.2. The highest BCUT2D eigenvalue weighted by Gasteiger charge is 2.26. The quantitative estimate of drug-likeness (QED) is 0.0413. The second-order valence-electron chi connectivity index (χ2n) is 19.5. The van der Waals surface area contributed by atoms with Gasteiger partial charge in [0.25, 0.3) is 0 Å². The Morgan fingerprint density at radius 2 is 0.882 bits per heavy atom. The molecule has 2 aromatic heterocycles. The van der Waals surface area contributed by atoms with Crippen LogP contribution in [0.4, 0.5) is 55.8 Å². The minimum Gasteiger partial charge on any atom is -0.494 e. The van der Waals surface area contributed by atoms with Crippen molar-refractivity contribution in [3.8, 4) is 11.5 Å². The number of hydrogen-bond donors (Lipinski definition) is 7. The van der Waals surface area contributed by atoms with Crippen LogP contribution in [-0.4, -0.2) is 167 Å². The average Bonchev–Trinajstić information content (AvgIpc) is 3.85. The van der Waals surface area contributed by atoms with Crippen molar-refractivity contribution in [2.24, 2.45) is 0 Å². The molecule has 23 heteroatoms. The van der Waals surface area contributed by atoms with Crippen LogP contribution in [0.1, 0.15) is 103 Å². The minimum absolute atomic E-state index is 0.203. The number of likely N-dealkylation sites (tertiary alicyclic amines) is 2. The molecule has 0 atom stereocenters. The Morgan fingerprint density at radius 3 is 1.18 bits per heavy atom. The first-order chi connectivity index (χ1) is 36.7. The highest BCUT2D eigenvalue weighted by atomic mass is 19.1. The molecule has 2 aromatic carbocycles. The molecule has 2 aliphatic carbocycles. The largest absolute Gasteiger partial charge is 0.494 e. The van der Waals surface area contributed by atoms with Crippen molar-refractivity contribution in [3.63, 3.8) is 0 Å². The van der Waals surface area contributed by atoms with Crippen LogP contribution < -0.4 is 40.5 Å². The molecule has 7 N–H and O–H groups in total. The molecule has 4 heterocycles. The van der Waals surface area contributed by atoms with Crippen LogP contribution in [0.25, 0.3) is 0 Å². The Balaban J connectivity index is 0.000000239. The second kappa shape index (κ2) is 31.4. The fourth-order valence-electron chi connectivity index (χ4n) is 9.48. The average molecular weight is 1060 g/mol. The molecule has 4 aromatic rings. The number of aliphatic carboxylic acids is 2. The molecule has 0 radical (unpaired) electrons. The Morgan fingerprint density at radius 1 is 0.553 bits per heavy atom. The number of benzene rings is 2. The molecule has 2 saturated heterocycles. The number of nitrogens with one attached hydrogen (secondary N) is 4. The van der Waals surface area contributed by atoms with E-state index in [1.165, 1.54) is 77.7 Å². The smallest absolute Gasteiger partial charge is 0.328 e. The van der Waals surface area contributed by atoms with Gasteiger partial charge in [-0.2, -0.15) is 29.9 Å². The zero-order chi connectivity index (χ0) is 55.0. The molecular weight excluding hydrogens is 983 g/mol. The van der Waals surface area contributed by atoms with Gasteiger partial charge in [0.1, 0.15) is 0 Å². The number of anilines is 8. The molecule has 2 aliphatic heterocycles. The third kappa shape index (κ3) is 19.8. The van der Waals surface area contributed by atoms with Crippen LogP contribution in [0.2, 0.25) is 0 Å². The van der Waals surface area contributed by atoms with Gasteiger partial charge in [0, 0.05) is 81.0 Å². The SMILES string of the molecule is CO.COc1ccc(Nc2nc(NC3CCCCCC3)nc(N(C)C3CCN(C)CC3)n2)cc1F.COc1ccc(Nc2nc(NC3CCCCCC3)nc(N(C)C3CCN(C)CC3)n2)cc1F.O=C(O)/C=C\C(=O)O. The molecule has 418 valence electrons. The first-order valence-corrected chi connectivity index (χ1v) is 26.3. The Hall–Kier alpha value is -6.72. The standard InChI is InChI=1S/2C24H36FN7O.C4H4O4.CH4O/c2*1-31-14-12-19(13-15-31)32(2)24-29-22(26-17-8-6-4-5-7-9-17)28-23(30-24)27-18-10-11-21(33-3)20(25)16-18;5-3(6)1-2-4(7)8;1-2/h2*10-11,16-17,19H,4-9,12-15H2,1-3H3,(H2,26,27,28,29,30);1-2H,(H,5,6)(H,7,8);2H,1H3/b;;2-1-;. The molecular formula is C53H80F2N14O7. The number of hydrogen-bond acceptors (Lipinski definition) is 19. The maximum absolute atomic E-state index is 14.2. The Labute approximate surface area is 446 Å². The van der Waals surface area contributed by atoms with Crippen molar-refractivity contribution in [3.05, 3.63) is 60.2 Å². The van der Waals surface area contributed by atoms with Gasteiger partial charge < -0.3 is 65.7 Å². The molecule has 0 amide bonds. The topological polar surface area (TPSA) is 252 Å². The van der Waals surface area contributed by atoms with E-state index in [0.717, 1.165) is 84.7 Å². The fraction of sp³-hybridized carbons (Fsp3) is 0.585. The maximum Gasteiger partial charge on any atom is 0.328 e. The van der Waals surface area contributed by atoms with E-state index in [0.29, 0.717) is 83.4 Å². The highest BCUT2D eigenvalue weighted by molar-refractivity contribution is 5.89. The van der Waals surface area contributed by atoms with Gasteiger partial charge in [-0.1, -0.05) is 51.4 Å². The third-order valence-electron chi connectivity index (χ3n) is 13.9. The number of aromatic nitrogens is 6. The van der Waals surface area contributed by atoms with Crippen LogP contribution in [0.5, 0.6) is 11.5 Å². The Kier molecular flexibility index (Phi) is 24.8. The molecule has 21 nitrogen and oxygen atoms in total. The summed E-state index contributed by atoms with van der Waals surface area (Å²) in [5.41, 5.74) is 1.13. The van der Waals surface area contributed by atoms with Gasteiger partial charge in [0.15, 0.2) is 23.1 Å². The first kappa shape index (κ1) is 60.1. The van der Waals surface area contributed by atoms with Crippen molar-refractivity contribution >= 4 is 59.0 Å². The van der Waals surface area contributed by atoms with Crippen LogP contribution in [0.15, 0.2) is 48.6 Å². The van der Waals surface area contributed by atoms with Crippen molar-refractivity contribution in [1.82, 2.24) is 39.7 Å². The third-order valence-corrected chi connectivity index (χ3v) is 13.9. The number of ether oxygens (including phenoxy) is 2. The summed E-state index contributed by atoms with van der Waals surface area (Å²) in [5, 5.41) is 36.0. The van der Waals surface area contributed by atoms with E-state index in [4.69, 9.17) is 44.7 Å². The summed E-state index contributed by atoms with van der Waals surface area (Å²) in [6, 6.07) is 11.0. The van der Waals surface area contributed by atoms with Crippen LogP contribution >= 0.6 is 0 Å². The number of carboxylic acid groups (broad SMARTS) is 2. The predicted octanol–water partition coefficient (Wildman–Crippen LogP) is 8.18. The summed E-state index contributed by atoms with van der Waals surface area (Å²) in [7, 11) is 12.3. The first-order valence-electron chi connectivity index (χ1n) is 26.3. The van der Waals surface area contributed by atoms with Crippen molar-refractivity contribution < 1.29 is 43.2 Å². The molecule has 8 rings (SSSR count). The van der Waals surface area contributed by atoms with E-state index in [1.807, 2.05) is 0 Å². The molecule has 76 heavy (non-hydrogen) atoms. The van der Waals surface area contributed by atoms with Crippen LogP contribution in [0.3, 0.4) is 0 Å². The van der Waals surface area contributed by atoms with Crippen molar-refractivity contribution in [1.29, 1.82) is 0 Å². The number of methoxy groups -OCH3 is 2. The van der Waals surface area contributed by atoms with Gasteiger partial charge in [-0.05, 0) is 116 Å². The zero-order valence-corrected chi connectivity index (χ0v) is 45.3. The number of halogens is 2. The van der Waals surface area contributed by atoms with E-state index in [2.05, 4.69) is 79.0 Å². The molecule has 4 fully saturated rings. The summed E-state index contributed by atoms with van der Waals surface area (Å²) in [6.07, 6.45) is 19.9. The fourth-order valence-corrected chi connectivity index (χ4v) is 9.48. The molecule has 0 bridgehead atoms. The van der Waals surface area contributed by atoms with Gasteiger partial charge in [-0.3, -0.25) is 0 Å².